The third-order valence-electron chi connectivity index (χ3n) is 2.57. The molecule has 17 heavy (non-hydrogen) atoms. The molecular weight excluding hydrogens is 216 g/mol. The average Bonchev–Trinajstić information content (AvgIpc) is 2.66. The summed E-state index contributed by atoms with van der Waals surface area (Å²) < 4.78 is 1.82. The standard InChI is InChI=1S/C12H22N4O/c1-4-6-16-12(14-9-15-16)8-11(17)7-10(3)13-5-2/h9-10,13H,4-8H2,1-3H3. The van der Waals surface area contributed by atoms with E-state index < -0.39 is 0 Å². The molecule has 1 aromatic rings. The number of ketones is 1. The summed E-state index contributed by atoms with van der Waals surface area (Å²) in [6, 6.07) is 0.232. The van der Waals surface area contributed by atoms with Crippen molar-refractivity contribution in [2.75, 3.05) is 6.54 Å². The molecule has 1 heterocycles. The van der Waals surface area contributed by atoms with Crippen LogP contribution in [0.4, 0.5) is 0 Å². The quantitative estimate of drug-likeness (QED) is 0.739. The van der Waals surface area contributed by atoms with Crippen molar-refractivity contribution in [3.05, 3.63) is 12.2 Å². The molecule has 5 nitrogen and oxygen atoms in total. The zero-order valence-corrected chi connectivity index (χ0v) is 10.9. The summed E-state index contributed by atoms with van der Waals surface area (Å²) in [6.07, 6.45) is 3.45. The maximum Gasteiger partial charge on any atom is 0.142 e. The van der Waals surface area contributed by atoms with Crippen molar-refractivity contribution in [1.82, 2.24) is 20.1 Å². The Bertz CT molecular complexity index is 348. The second kappa shape index (κ2) is 7.17. The van der Waals surface area contributed by atoms with Crippen LogP contribution in [0.1, 0.15) is 39.4 Å². The van der Waals surface area contributed by atoms with Crippen molar-refractivity contribution >= 4 is 5.78 Å². The number of Topliss-reactive ketones (excluding diaryl/α,β-unsaturated/α-hetero) is 1. The Balaban J connectivity index is 2.47. The van der Waals surface area contributed by atoms with Crippen molar-refractivity contribution < 1.29 is 4.79 Å². The number of carbonyl (C=O) groups excluding carboxylic acids is 1. The number of hydrogen-bond donors (Lipinski definition) is 1. The highest BCUT2D eigenvalue weighted by atomic mass is 16.1. The van der Waals surface area contributed by atoms with E-state index in [-0.39, 0.29) is 11.8 Å². The molecule has 0 aliphatic carbocycles. The summed E-state index contributed by atoms with van der Waals surface area (Å²) in [5.74, 6) is 0.990. The third kappa shape index (κ3) is 4.65. The van der Waals surface area contributed by atoms with Crippen LogP contribution in [0.3, 0.4) is 0 Å². The highest BCUT2D eigenvalue weighted by Gasteiger charge is 2.12. The minimum absolute atomic E-state index is 0.212. The van der Waals surface area contributed by atoms with Crippen LogP contribution in [0.5, 0.6) is 0 Å². The molecule has 0 aliphatic heterocycles. The lowest BCUT2D eigenvalue weighted by Crippen LogP contribution is -2.29. The highest BCUT2D eigenvalue weighted by Crippen LogP contribution is 2.02. The number of carbonyl (C=O) groups is 1. The fourth-order valence-corrected chi connectivity index (χ4v) is 1.83. The number of hydrogen-bond acceptors (Lipinski definition) is 4. The molecule has 0 bridgehead atoms. The summed E-state index contributed by atoms with van der Waals surface area (Å²) in [5, 5.41) is 7.34. The maximum atomic E-state index is 11.8. The zero-order valence-electron chi connectivity index (χ0n) is 10.9. The molecule has 1 aromatic heterocycles. The van der Waals surface area contributed by atoms with Gasteiger partial charge in [-0.25, -0.2) is 9.67 Å². The van der Waals surface area contributed by atoms with Crippen LogP contribution in [-0.4, -0.2) is 33.1 Å². The second-order valence-electron chi connectivity index (χ2n) is 4.28. The number of nitrogens with one attached hydrogen (secondary N) is 1. The smallest absolute Gasteiger partial charge is 0.142 e. The monoisotopic (exact) mass is 238 g/mol. The second-order valence-corrected chi connectivity index (χ2v) is 4.28. The van der Waals surface area contributed by atoms with Crippen LogP contribution in [0.25, 0.3) is 0 Å². The van der Waals surface area contributed by atoms with E-state index in [0.29, 0.717) is 12.8 Å². The van der Waals surface area contributed by atoms with Crippen molar-refractivity contribution in [3.63, 3.8) is 0 Å². The van der Waals surface area contributed by atoms with Gasteiger partial charge in [-0.3, -0.25) is 4.79 Å². The Labute approximate surface area is 103 Å². The van der Waals surface area contributed by atoms with Gasteiger partial charge in [0.15, 0.2) is 0 Å². The van der Waals surface area contributed by atoms with Gasteiger partial charge in [0.25, 0.3) is 0 Å². The third-order valence-corrected chi connectivity index (χ3v) is 2.57. The molecule has 5 heteroatoms. The van der Waals surface area contributed by atoms with E-state index in [1.165, 1.54) is 6.33 Å². The first-order valence-electron chi connectivity index (χ1n) is 6.29. The van der Waals surface area contributed by atoms with Crippen molar-refractivity contribution in [1.29, 1.82) is 0 Å². The van der Waals surface area contributed by atoms with Gasteiger partial charge in [-0.05, 0) is 19.9 Å². The lowest BCUT2D eigenvalue weighted by Gasteiger charge is -2.11. The molecule has 0 fully saturated rings. The molecule has 0 amide bonds. The fourth-order valence-electron chi connectivity index (χ4n) is 1.83. The van der Waals surface area contributed by atoms with E-state index in [0.717, 1.165) is 25.3 Å². The average molecular weight is 238 g/mol. The van der Waals surface area contributed by atoms with Gasteiger partial charge in [0.2, 0.25) is 0 Å². The van der Waals surface area contributed by atoms with Gasteiger partial charge < -0.3 is 5.32 Å². The van der Waals surface area contributed by atoms with Crippen LogP contribution < -0.4 is 5.32 Å². The normalized spacial score (nSPS) is 12.6. The van der Waals surface area contributed by atoms with E-state index in [2.05, 4.69) is 22.3 Å². The summed E-state index contributed by atoms with van der Waals surface area (Å²) in [7, 11) is 0. The Hall–Kier alpha value is -1.23. The zero-order chi connectivity index (χ0) is 12.7. The van der Waals surface area contributed by atoms with Crippen molar-refractivity contribution in [2.24, 2.45) is 0 Å². The number of aryl methyl sites for hydroxylation is 1. The van der Waals surface area contributed by atoms with Crippen LogP contribution >= 0.6 is 0 Å². The Kier molecular flexibility index (Phi) is 5.83. The maximum absolute atomic E-state index is 11.8. The largest absolute Gasteiger partial charge is 0.314 e. The predicted molar refractivity (Wildman–Crippen MR) is 66.8 cm³/mol. The van der Waals surface area contributed by atoms with Crippen molar-refractivity contribution in [2.45, 2.75) is 52.6 Å². The molecule has 96 valence electrons. The summed E-state index contributed by atoms with van der Waals surface area (Å²) >= 11 is 0. The minimum Gasteiger partial charge on any atom is -0.314 e. The Morgan fingerprint density at radius 1 is 1.53 bits per heavy atom. The van der Waals surface area contributed by atoms with Gasteiger partial charge in [0.05, 0.1) is 6.42 Å². The van der Waals surface area contributed by atoms with Crippen molar-refractivity contribution in [3.8, 4) is 0 Å². The van der Waals surface area contributed by atoms with E-state index in [4.69, 9.17) is 0 Å². The van der Waals surface area contributed by atoms with E-state index in [1.54, 1.807) is 0 Å². The van der Waals surface area contributed by atoms with Crippen LogP contribution in [0, 0.1) is 0 Å². The molecule has 1 rings (SSSR count). The van der Waals surface area contributed by atoms with E-state index in [1.807, 2.05) is 18.5 Å². The molecule has 0 saturated heterocycles. The van der Waals surface area contributed by atoms with Crippen LogP contribution in [0.15, 0.2) is 6.33 Å². The van der Waals surface area contributed by atoms with E-state index in [9.17, 15) is 4.79 Å². The lowest BCUT2D eigenvalue weighted by molar-refractivity contribution is -0.119. The molecule has 0 aromatic carbocycles. The summed E-state index contributed by atoms with van der Waals surface area (Å²) in [5.41, 5.74) is 0. The van der Waals surface area contributed by atoms with Gasteiger partial charge in [-0.15, -0.1) is 0 Å². The van der Waals surface area contributed by atoms with Crippen LogP contribution in [-0.2, 0) is 17.8 Å². The minimum atomic E-state index is 0.212. The fraction of sp³-hybridized carbons (Fsp3) is 0.750. The highest BCUT2D eigenvalue weighted by molar-refractivity contribution is 5.80. The molecule has 1 N–H and O–H groups in total. The topological polar surface area (TPSA) is 59.8 Å². The van der Waals surface area contributed by atoms with Gasteiger partial charge in [0.1, 0.15) is 17.9 Å². The molecule has 0 spiro atoms. The number of nitrogens with zero attached hydrogens (tertiary/aromatic N) is 3. The molecule has 0 saturated carbocycles. The Morgan fingerprint density at radius 2 is 2.29 bits per heavy atom. The van der Waals surface area contributed by atoms with Gasteiger partial charge in [-0.2, -0.15) is 5.10 Å². The van der Waals surface area contributed by atoms with Gasteiger partial charge >= 0.3 is 0 Å². The Morgan fingerprint density at radius 3 is 2.94 bits per heavy atom. The van der Waals surface area contributed by atoms with Gasteiger partial charge in [0, 0.05) is 19.0 Å². The first-order chi connectivity index (χ1) is 8.17. The molecule has 1 atom stereocenters. The lowest BCUT2D eigenvalue weighted by atomic mass is 10.1. The summed E-state index contributed by atoms with van der Waals surface area (Å²) in [4.78, 5) is 16.0. The molecule has 0 aliphatic rings. The van der Waals surface area contributed by atoms with E-state index >= 15 is 0 Å². The first kappa shape index (κ1) is 13.8. The summed E-state index contributed by atoms with van der Waals surface area (Å²) in [6.45, 7) is 7.86. The molecule has 0 radical (unpaired) electrons. The predicted octanol–water partition coefficient (Wildman–Crippen LogP) is 1.19. The SMILES string of the molecule is CCCn1ncnc1CC(=O)CC(C)NCC. The van der Waals surface area contributed by atoms with Gasteiger partial charge in [-0.1, -0.05) is 13.8 Å². The number of rotatable bonds is 8. The number of aromatic nitrogens is 3. The molecule has 1 unspecified atom stereocenters. The van der Waals surface area contributed by atoms with Crippen LogP contribution in [0.2, 0.25) is 0 Å². The first-order valence-corrected chi connectivity index (χ1v) is 6.29. The molecular formula is C12H22N4O.